The topological polar surface area (TPSA) is 52.0 Å². The Morgan fingerprint density at radius 3 is 1.31 bits per heavy atom. The third-order valence-electron chi connectivity index (χ3n) is 1.72. The molecule has 0 radical (unpaired) electrons. The van der Waals surface area contributed by atoms with Crippen LogP contribution < -0.4 is 11.5 Å². The molecule has 0 saturated heterocycles. The van der Waals surface area contributed by atoms with E-state index in [4.69, 9.17) is 11.5 Å². The van der Waals surface area contributed by atoms with Crippen LogP contribution in [0.25, 0.3) is 0 Å². The molecule has 0 aromatic rings. The maximum Gasteiger partial charge on any atom is 0.253 e. The van der Waals surface area contributed by atoms with E-state index in [-0.39, 0.29) is 19.3 Å². The minimum Gasteiger partial charge on any atom is -0.323 e. The summed E-state index contributed by atoms with van der Waals surface area (Å²) in [5.41, 5.74) is 10.0. The number of halogens is 4. The lowest BCUT2D eigenvalue weighted by Gasteiger charge is -2.12. The van der Waals surface area contributed by atoms with E-state index in [2.05, 4.69) is 0 Å². The van der Waals surface area contributed by atoms with E-state index < -0.39 is 24.9 Å². The van der Waals surface area contributed by atoms with Gasteiger partial charge in [-0.25, -0.2) is 17.6 Å². The molecule has 0 aliphatic heterocycles. The van der Waals surface area contributed by atoms with Crippen molar-refractivity contribution in [1.82, 2.24) is 0 Å². The Bertz CT molecular complexity index is 118. The van der Waals surface area contributed by atoms with Gasteiger partial charge >= 0.3 is 0 Å². The first-order valence-electron chi connectivity index (χ1n) is 4.02. The molecule has 0 spiro atoms. The Balaban J connectivity index is 3.45. The fraction of sp³-hybridized carbons (Fsp3) is 1.00. The van der Waals surface area contributed by atoms with Gasteiger partial charge in [-0.15, -0.1) is 0 Å². The first-order chi connectivity index (χ1) is 5.95. The summed E-state index contributed by atoms with van der Waals surface area (Å²) in [6.45, 7) is 0. The van der Waals surface area contributed by atoms with Crippen molar-refractivity contribution in [2.24, 2.45) is 11.5 Å². The smallest absolute Gasteiger partial charge is 0.253 e. The molecular formula is C7H14F4N2. The highest BCUT2D eigenvalue weighted by molar-refractivity contribution is 4.68. The fourth-order valence-electron chi connectivity index (χ4n) is 0.841. The van der Waals surface area contributed by atoms with Crippen molar-refractivity contribution >= 4 is 0 Å². The second-order valence-electron chi connectivity index (χ2n) is 2.93. The third-order valence-corrected chi connectivity index (χ3v) is 1.72. The predicted octanol–water partition coefficient (Wildman–Crippen LogP) is 1.34. The summed E-state index contributed by atoms with van der Waals surface area (Å²) in [6, 6.07) is -2.46. The Hall–Kier alpha value is -0.360. The maximum absolute atomic E-state index is 11.8. The normalized spacial score (nSPS) is 16.6. The lowest BCUT2D eigenvalue weighted by molar-refractivity contribution is 0.0998. The summed E-state index contributed by atoms with van der Waals surface area (Å²) < 4.78 is 47.2. The molecule has 0 aliphatic rings. The molecule has 6 heteroatoms. The summed E-state index contributed by atoms with van der Waals surface area (Å²) in [6.07, 6.45) is -4.93. The first kappa shape index (κ1) is 12.6. The quantitative estimate of drug-likeness (QED) is 0.638. The molecule has 80 valence electrons. The van der Waals surface area contributed by atoms with Gasteiger partial charge in [0.2, 0.25) is 0 Å². The van der Waals surface area contributed by atoms with Crippen LogP contribution in [0.4, 0.5) is 17.6 Å². The summed E-state index contributed by atoms with van der Waals surface area (Å²) in [5, 5.41) is 0. The molecule has 4 N–H and O–H groups in total. The van der Waals surface area contributed by atoms with Crippen molar-refractivity contribution in [2.45, 2.75) is 44.2 Å². The van der Waals surface area contributed by atoms with Crippen molar-refractivity contribution in [3.63, 3.8) is 0 Å². The predicted molar refractivity (Wildman–Crippen MR) is 41.8 cm³/mol. The van der Waals surface area contributed by atoms with Crippen LogP contribution in [-0.2, 0) is 0 Å². The van der Waals surface area contributed by atoms with Crippen molar-refractivity contribution in [1.29, 1.82) is 0 Å². The van der Waals surface area contributed by atoms with E-state index in [0.29, 0.717) is 0 Å². The van der Waals surface area contributed by atoms with E-state index in [0.717, 1.165) is 0 Å². The zero-order valence-corrected chi connectivity index (χ0v) is 7.10. The van der Waals surface area contributed by atoms with E-state index >= 15 is 0 Å². The molecule has 2 unspecified atom stereocenters. The first-order valence-corrected chi connectivity index (χ1v) is 4.02. The highest BCUT2D eigenvalue weighted by atomic mass is 19.3. The molecule has 13 heavy (non-hydrogen) atoms. The average molecular weight is 202 g/mol. The number of alkyl halides is 4. The van der Waals surface area contributed by atoms with Crippen LogP contribution in [0.15, 0.2) is 0 Å². The third kappa shape index (κ3) is 5.81. The number of hydrogen-bond donors (Lipinski definition) is 2. The minimum absolute atomic E-state index is 0.0259. The van der Waals surface area contributed by atoms with Crippen molar-refractivity contribution in [3.8, 4) is 0 Å². The van der Waals surface area contributed by atoms with Crippen LogP contribution in [0.5, 0.6) is 0 Å². The second-order valence-corrected chi connectivity index (χ2v) is 2.93. The standard InChI is InChI=1S/C7H14F4N2/c8-6(9)4(12)2-1-3-5(13)7(10)11/h4-7H,1-3,12-13H2. The number of rotatable bonds is 6. The van der Waals surface area contributed by atoms with Gasteiger partial charge in [0.1, 0.15) is 0 Å². The fourth-order valence-corrected chi connectivity index (χ4v) is 0.841. The van der Waals surface area contributed by atoms with Gasteiger partial charge in [0.05, 0.1) is 12.1 Å². The van der Waals surface area contributed by atoms with Gasteiger partial charge in [0.25, 0.3) is 12.9 Å². The highest BCUT2D eigenvalue weighted by Crippen LogP contribution is 2.10. The molecule has 0 aliphatic carbocycles. The zero-order chi connectivity index (χ0) is 10.4. The van der Waals surface area contributed by atoms with Crippen LogP contribution in [0.3, 0.4) is 0 Å². The van der Waals surface area contributed by atoms with Gasteiger partial charge in [-0.2, -0.15) is 0 Å². The van der Waals surface area contributed by atoms with Crippen LogP contribution in [0.1, 0.15) is 19.3 Å². The van der Waals surface area contributed by atoms with E-state index in [9.17, 15) is 17.6 Å². The lowest BCUT2D eigenvalue weighted by Crippen LogP contribution is -2.31. The van der Waals surface area contributed by atoms with Gasteiger partial charge in [-0.1, -0.05) is 0 Å². The molecule has 0 bridgehead atoms. The summed E-state index contributed by atoms with van der Waals surface area (Å²) in [4.78, 5) is 0. The molecule has 0 rings (SSSR count). The van der Waals surface area contributed by atoms with Gasteiger partial charge in [0, 0.05) is 0 Å². The van der Waals surface area contributed by atoms with Gasteiger partial charge in [-0.05, 0) is 19.3 Å². The highest BCUT2D eigenvalue weighted by Gasteiger charge is 2.18. The second kappa shape index (κ2) is 6.15. The van der Waals surface area contributed by atoms with E-state index in [1.54, 1.807) is 0 Å². The molecule has 0 fully saturated rings. The largest absolute Gasteiger partial charge is 0.323 e. The molecular weight excluding hydrogens is 188 g/mol. The van der Waals surface area contributed by atoms with Crippen molar-refractivity contribution in [3.05, 3.63) is 0 Å². The SMILES string of the molecule is NC(CCCC(N)C(F)F)C(F)F. The van der Waals surface area contributed by atoms with Gasteiger partial charge < -0.3 is 11.5 Å². The molecule has 0 aromatic heterocycles. The summed E-state index contributed by atoms with van der Waals surface area (Å²) in [7, 11) is 0. The van der Waals surface area contributed by atoms with Crippen molar-refractivity contribution in [2.75, 3.05) is 0 Å². The molecule has 0 amide bonds. The Labute approximate surface area is 74.3 Å². The number of hydrogen-bond acceptors (Lipinski definition) is 2. The van der Waals surface area contributed by atoms with Crippen LogP contribution >= 0.6 is 0 Å². The van der Waals surface area contributed by atoms with Gasteiger partial charge in [0.15, 0.2) is 0 Å². The van der Waals surface area contributed by atoms with Gasteiger partial charge in [-0.3, -0.25) is 0 Å². The average Bonchev–Trinajstić information content (AvgIpc) is 2.03. The summed E-state index contributed by atoms with van der Waals surface area (Å²) in [5.74, 6) is 0. The molecule has 2 nitrogen and oxygen atoms in total. The molecule has 0 aromatic carbocycles. The van der Waals surface area contributed by atoms with E-state index in [1.165, 1.54) is 0 Å². The molecule has 0 heterocycles. The van der Waals surface area contributed by atoms with E-state index in [1.807, 2.05) is 0 Å². The lowest BCUT2D eigenvalue weighted by atomic mass is 10.1. The van der Waals surface area contributed by atoms with Crippen LogP contribution in [0.2, 0.25) is 0 Å². The number of nitrogens with two attached hydrogens (primary N) is 2. The molecule has 2 atom stereocenters. The van der Waals surface area contributed by atoms with Crippen molar-refractivity contribution < 1.29 is 17.6 Å². The van der Waals surface area contributed by atoms with Crippen LogP contribution in [0, 0.1) is 0 Å². The monoisotopic (exact) mass is 202 g/mol. The maximum atomic E-state index is 11.8. The Kier molecular flexibility index (Phi) is 5.98. The minimum atomic E-state index is -2.59. The van der Waals surface area contributed by atoms with Crippen LogP contribution in [-0.4, -0.2) is 24.9 Å². The Morgan fingerprint density at radius 1 is 0.769 bits per heavy atom. The summed E-state index contributed by atoms with van der Waals surface area (Å²) >= 11 is 0. The Morgan fingerprint density at radius 2 is 1.08 bits per heavy atom. The zero-order valence-electron chi connectivity index (χ0n) is 7.10. The molecule has 0 saturated carbocycles.